The first-order valence-corrected chi connectivity index (χ1v) is 9.66. The summed E-state index contributed by atoms with van der Waals surface area (Å²) in [6.07, 6.45) is 4.55. The van der Waals surface area contributed by atoms with Crippen LogP contribution in [0.25, 0.3) is 11.1 Å². The average molecular weight is 365 g/mol. The molecule has 1 heterocycles. The minimum Gasteiger partial charge on any atom is -0.493 e. The van der Waals surface area contributed by atoms with E-state index in [0.29, 0.717) is 0 Å². The highest BCUT2D eigenvalue weighted by Crippen LogP contribution is 2.40. The van der Waals surface area contributed by atoms with Crippen molar-refractivity contribution in [1.29, 1.82) is 0 Å². The lowest BCUT2D eigenvalue weighted by molar-refractivity contribution is 0.0880. The van der Waals surface area contributed by atoms with Crippen molar-refractivity contribution in [2.75, 3.05) is 6.61 Å². The summed E-state index contributed by atoms with van der Waals surface area (Å²) in [7, 11) is 0. The van der Waals surface area contributed by atoms with Gasteiger partial charge in [0.1, 0.15) is 23.1 Å². The minimum atomic E-state index is 0.00868. The molecule has 0 unspecified atom stereocenters. The highest BCUT2D eigenvalue weighted by atomic mass is 16.5. The van der Waals surface area contributed by atoms with Gasteiger partial charge in [-0.15, -0.1) is 0 Å². The van der Waals surface area contributed by atoms with Crippen molar-refractivity contribution in [3.63, 3.8) is 0 Å². The fourth-order valence-electron chi connectivity index (χ4n) is 3.45. The standard InChI is InChI=1S/C22H23NO4/c24-12-15-6-7-20-21(8-15)27-22(23-20)16-9-19(10-16)26-18-3-1-2-17(11-18)25-13-14-4-5-14/h1-3,6-8,11,14,16,19,24H,4-5,9-10,12-13H2. The summed E-state index contributed by atoms with van der Waals surface area (Å²) in [4.78, 5) is 4.59. The number of hydrogen-bond donors (Lipinski definition) is 1. The van der Waals surface area contributed by atoms with E-state index >= 15 is 0 Å². The number of fused-ring (bicyclic) bond motifs is 1. The van der Waals surface area contributed by atoms with Crippen molar-refractivity contribution < 1.29 is 19.0 Å². The van der Waals surface area contributed by atoms with Crippen LogP contribution in [0.1, 0.15) is 43.1 Å². The smallest absolute Gasteiger partial charge is 0.198 e. The monoisotopic (exact) mass is 365 g/mol. The Balaban J connectivity index is 1.19. The van der Waals surface area contributed by atoms with Crippen LogP contribution < -0.4 is 9.47 Å². The molecule has 2 aliphatic rings. The second kappa shape index (κ2) is 6.89. The highest BCUT2D eigenvalue weighted by molar-refractivity contribution is 5.73. The molecule has 0 aliphatic heterocycles. The van der Waals surface area contributed by atoms with Gasteiger partial charge < -0.3 is 19.0 Å². The molecule has 3 aromatic rings. The number of benzene rings is 2. The highest BCUT2D eigenvalue weighted by Gasteiger charge is 2.35. The summed E-state index contributed by atoms with van der Waals surface area (Å²) >= 11 is 0. The molecule has 2 aliphatic carbocycles. The topological polar surface area (TPSA) is 64.7 Å². The molecule has 1 aromatic heterocycles. The number of ether oxygens (including phenoxy) is 2. The number of aliphatic hydroxyl groups excluding tert-OH is 1. The summed E-state index contributed by atoms with van der Waals surface area (Å²) in [6.45, 7) is 0.819. The van der Waals surface area contributed by atoms with Gasteiger partial charge in [0.2, 0.25) is 0 Å². The Hall–Kier alpha value is -2.53. The Kier molecular flexibility index (Phi) is 4.24. The summed E-state index contributed by atoms with van der Waals surface area (Å²) in [5, 5.41) is 9.24. The summed E-state index contributed by atoms with van der Waals surface area (Å²) in [5.41, 5.74) is 2.41. The number of hydrogen-bond acceptors (Lipinski definition) is 5. The van der Waals surface area contributed by atoms with Crippen LogP contribution in [0, 0.1) is 5.92 Å². The van der Waals surface area contributed by atoms with Crippen molar-refractivity contribution in [3.05, 3.63) is 53.9 Å². The second-order valence-electron chi connectivity index (χ2n) is 7.65. The van der Waals surface area contributed by atoms with Gasteiger partial charge in [-0.05, 0) is 61.4 Å². The molecule has 1 N–H and O–H groups in total. The third kappa shape index (κ3) is 3.65. The van der Waals surface area contributed by atoms with E-state index in [9.17, 15) is 5.11 Å². The number of aliphatic hydroxyl groups is 1. The summed E-state index contributed by atoms with van der Waals surface area (Å²) in [5.74, 6) is 3.54. The van der Waals surface area contributed by atoms with E-state index in [1.165, 1.54) is 12.8 Å². The maximum absolute atomic E-state index is 9.24. The lowest BCUT2D eigenvalue weighted by Crippen LogP contribution is -2.32. The fourth-order valence-corrected chi connectivity index (χ4v) is 3.45. The van der Waals surface area contributed by atoms with Crippen molar-refractivity contribution >= 4 is 11.1 Å². The van der Waals surface area contributed by atoms with E-state index in [4.69, 9.17) is 13.9 Å². The predicted octanol–water partition coefficient (Wildman–Crippen LogP) is 4.43. The molecular weight excluding hydrogens is 342 g/mol. The van der Waals surface area contributed by atoms with Gasteiger partial charge in [0.05, 0.1) is 13.2 Å². The number of rotatable bonds is 7. The third-order valence-corrected chi connectivity index (χ3v) is 5.39. The van der Waals surface area contributed by atoms with Crippen molar-refractivity contribution in [2.24, 2.45) is 5.92 Å². The average Bonchev–Trinajstić information content (AvgIpc) is 3.40. The number of nitrogens with zero attached hydrogens (tertiary/aromatic N) is 1. The zero-order valence-electron chi connectivity index (χ0n) is 15.1. The molecular formula is C22H23NO4. The molecule has 27 heavy (non-hydrogen) atoms. The van der Waals surface area contributed by atoms with Gasteiger partial charge in [0, 0.05) is 12.0 Å². The van der Waals surface area contributed by atoms with Crippen LogP contribution in [0.2, 0.25) is 0 Å². The molecule has 5 heteroatoms. The molecule has 0 radical (unpaired) electrons. The first-order chi connectivity index (χ1) is 13.3. The molecule has 140 valence electrons. The predicted molar refractivity (Wildman–Crippen MR) is 101 cm³/mol. The van der Waals surface area contributed by atoms with Crippen LogP contribution in [-0.2, 0) is 6.61 Å². The molecule has 5 rings (SSSR count). The largest absolute Gasteiger partial charge is 0.493 e. The molecule has 0 atom stereocenters. The van der Waals surface area contributed by atoms with Crippen molar-refractivity contribution in [3.8, 4) is 11.5 Å². The Morgan fingerprint density at radius 1 is 1.07 bits per heavy atom. The van der Waals surface area contributed by atoms with Gasteiger partial charge in [-0.25, -0.2) is 4.98 Å². The minimum absolute atomic E-state index is 0.00868. The number of aromatic nitrogens is 1. The van der Waals surface area contributed by atoms with Crippen LogP contribution in [0.5, 0.6) is 11.5 Å². The molecule has 0 saturated heterocycles. The zero-order valence-corrected chi connectivity index (χ0v) is 15.1. The van der Waals surface area contributed by atoms with E-state index in [2.05, 4.69) is 4.98 Å². The van der Waals surface area contributed by atoms with Gasteiger partial charge in [0.15, 0.2) is 11.5 Å². The van der Waals surface area contributed by atoms with Crippen molar-refractivity contribution in [1.82, 2.24) is 4.98 Å². The molecule has 0 bridgehead atoms. The quantitative estimate of drug-likeness (QED) is 0.671. The Morgan fingerprint density at radius 3 is 2.74 bits per heavy atom. The Morgan fingerprint density at radius 2 is 1.93 bits per heavy atom. The van der Waals surface area contributed by atoms with Gasteiger partial charge in [-0.1, -0.05) is 12.1 Å². The van der Waals surface area contributed by atoms with E-state index < -0.39 is 0 Å². The van der Waals surface area contributed by atoms with E-state index in [1.807, 2.05) is 42.5 Å². The van der Waals surface area contributed by atoms with Crippen LogP contribution in [0.15, 0.2) is 46.9 Å². The van der Waals surface area contributed by atoms with Gasteiger partial charge >= 0.3 is 0 Å². The molecule has 5 nitrogen and oxygen atoms in total. The first-order valence-electron chi connectivity index (χ1n) is 9.66. The SMILES string of the molecule is OCc1ccc2nc(C3CC(Oc4cccc(OCC5CC5)c4)C3)oc2c1. The second-order valence-corrected chi connectivity index (χ2v) is 7.65. The Labute approximate surface area is 157 Å². The normalized spacial score (nSPS) is 21.8. The van der Waals surface area contributed by atoms with Crippen molar-refractivity contribution in [2.45, 2.75) is 44.3 Å². The molecule has 2 aromatic carbocycles. The Bertz CT molecular complexity index is 940. The third-order valence-electron chi connectivity index (χ3n) is 5.39. The number of oxazole rings is 1. The summed E-state index contributed by atoms with van der Waals surface area (Å²) < 4.78 is 17.8. The van der Waals surface area contributed by atoms with E-state index in [1.54, 1.807) is 0 Å². The van der Waals surface area contributed by atoms with E-state index in [-0.39, 0.29) is 18.6 Å². The van der Waals surface area contributed by atoms with Gasteiger partial charge in [0.25, 0.3) is 0 Å². The lowest BCUT2D eigenvalue weighted by Gasteiger charge is -2.33. The molecule has 0 spiro atoms. The summed E-state index contributed by atoms with van der Waals surface area (Å²) in [6, 6.07) is 13.5. The maximum atomic E-state index is 9.24. The maximum Gasteiger partial charge on any atom is 0.198 e. The van der Waals surface area contributed by atoms with Gasteiger partial charge in [-0.3, -0.25) is 0 Å². The lowest BCUT2D eigenvalue weighted by atomic mass is 9.82. The van der Waals surface area contributed by atoms with Gasteiger partial charge in [-0.2, -0.15) is 0 Å². The van der Waals surface area contributed by atoms with Crippen LogP contribution in [0.3, 0.4) is 0 Å². The van der Waals surface area contributed by atoms with E-state index in [0.717, 1.165) is 59.4 Å². The first kappa shape index (κ1) is 16.6. The van der Waals surface area contributed by atoms with Crippen LogP contribution in [-0.4, -0.2) is 22.8 Å². The zero-order chi connectivity index (χ0) is 18.2. The van der Waals surface area contributed by atoms with Crippen LogP contribution >= 0.6 is 0 Å². The molecule has 2 saturated carbocycles. The molecule has 0 amide bonds. The fraction of sp³-hybridized carbons (Fsp3) is 0.409. The van der Waals surface area contributed by atoms with Crippen LogP contribution in [0.4, 0.5) is 0 Å². The molecule has 2 fully saturated rings.